The van der Waals surface area contributed by atoms with Gasteiger partial charge in [-0.2, -0.15) is 0 Å². The lowest BCUT2D eigenvalue weighted by Crippen LogP contribution is -2.32. The first-order chi connectivity index (χ1) is 9.31. The van der Waals surface area contributed by atoms with Crippen LogP contribution in [0.4, 0.5) is 5.82 Å². The van der Waals surface area contributed by atoms with Crippen molar-refractivity contribution < 1.29 is 0 Å². The molecule has 2 atom stereocenters. The lowest BCUT2D eigenvalue weighted by molar-refractivity contribution is 0.453. The number of nitrogens with one attached hydrogen (secondary N) is 1. The quantitative estimate of drug-likeness (QED) is 0.577. The maximum Gasteiger partial charge on any atom is 0.128 e. The normalized spacial score (nSPS) is 19.1. The van der Waals surface area contributed by atoms with Crippen LogP contribution in [0, 0.1) is 0 Å². The molecule has 4 heteroatoms. The fourth-order valence-corrected chi connectivity index (χ4v) is 3.05. The summed E-state index contributed by atoms with van der Waals surface area (Å²) >= 11 is 0. The largest absolute Gasteiger partial charge is 0.383 e. The standard InChI is InChI=1S/C15H18N4/c16-15-13(6-3-9-18-15)14(19-17)12-8-7-10-4-1-2-5-11(10)12/h1-6,9,12,14,19H,7-8,17H2,(H2,16,18). The molecule has 0 spiro atoms. The van der Waals surface area contributed by atoms with Crippen molar-refractivity contribution in [3.05, 3.63) is 59.3 Å². The lowest BCUT2D eigenvalue weighted by Gasteiger charge is -2.24. The number of hydrogen-bond acceptors (Lipinski definition) is 4. The van der Waals surface area contributed by atoms with E-state index in [0.717, 1.165) is 18.4 Å². The molecule has 1 aliphatic rings. The second-order valence-corrected chi connectivity index (χ2v) is 4.97. The van der Waals surface area contributed by atoms with E-state index in [1.54, 1.807) is 6.20 Å². The maximum absolute atomic E-state index is 5.98. The molecule has 0 bridgehead atoms. The van der Waals surface area contributed by atoms with Gasteiger partial charge in [0.1, 0.15) is 5.82 Å². The van der Waals surface area contributed by atoms with Crippen LogP contribution in [0.1, 0.15) is 35.1 Å². The van der Waals surface area contributed by atoms with E-state index in [0.29, 0.717) is 11.7 Å². The minimum Gasteiger partial charge on any atom is -0.383 e. The van der Waals surface area contributed by atoms with Crippen molar-refractivity contribution in [2.24, 2.45) is 5.84 Å². The summed E-state index contributed by atoms with van der Waals surface area (Å²) in [5.74, 6) is 6.68. The number of hydrogen-bond donors (Lipinski definition) is 3. The summed E-state index contributed by atoms with van der Waals surface area (Å²) in [4.78, 5) is 4.16. The van der Waals surface area contributed by atoms with Gasteiger partial charge in [0.25, 0.3) is 0 Å². The van der Waals surface area contributed by atoms with Crippen LogP contribution < -0.4 is 17.0 Å². The Hall–Kier alpha value is -1.91. The van der Waals surface area contributed by atoms with Crippen LogP contribution in [0.25, 0.3) is 0 Å². The molecule has 1 heterocycles. The summed E-state index contributed by atoms with van der Waals surface area (Å²) in [6, 6.07) is 12.4. The molecule has 19 heavy (non-hydrogen) atoms. The molecular formula is C15H18N4. The van der Waals surface area contributed by atoms with E-state index in [1.807, 2.05) is 12.1 Å². The van der Waals surface area contributed by atoms with Crippen LogP contribution in [0.15, 0.2) is 42.6 Å². The Labute approximate surface area is 112 Å². The predicted molar refractivity (Wildman–Crippen MR) is 76.2 cm³/mol. The molecule has 1 aromatic heterocycles. The van der Waals surface area contributed by atoms with Crippen molar-refractivity contribution in [2.45, 2.75) is 24.8 Å². The van der Waals surface area contributed by atoms with Crippen LogP contribution in [-0.2, 0) is 6.42 Å². The molecule has 3 rings (SSSR count). The van der Waals surface area contributed by atoms with E-state index in [2.05, 4.69) is 34.7 Å². The average molecular weight is 254 g/mol. The molecule has 0 amide bonds. The van der Waals surface area contributed by atoms with Gasteiger partial charge >= 0.3 is 0 Å². The third-order valence-electron chi connectivity index (χ3n) is 3.97. The van der Waals surface area contributed by atoms with Gasteiger partial charge in [-0.05, 0) is 30.0 Å². The van der Waals surface area contributed by atoms with Gasteiger partial charge in [0.15, 0.2) is 0 Å². The topological polar surface area (TPSA) is 77.0 Å². The zero-order chi connectivity index (χ0) is 13.2. The summed E-state index contributed by atoms with van der Waals surface area (Å²) < 4.78 is 0. The molecule has 0 radical (unpaired) electrons. The van der Waals surface area contributed by atoms with Crippen LogP contribution in [0.3, 0.4) is 0 Å². The second kappa shape index (κ2) is 4.99. The highest BCUT2D eigenvalue weighted by Crippen LogP contribution is 2.42. The highest BCUT2D eigenvalue weighted by molar-refractivity contribution is 5.45. The third-order valence-corrected chi connectivity index (χ3v) is 3.97. The summed E-state index contributed by atoms with van der Waals surface area (Å²) in [6.45, 7) is 0. The van der Waals surface area contributed by atoms with Crippen molar-refractivity contribution in [2.75, 3.05) is 5.73 Å². The number of nitrogens with two attached hydrogens (primary N) is 2. The Bertz CT molecular complexity index is 582. The molecule has 4 nitrogen and oxygen atoms in total. The molecule has 0 saturated carbocycles. The van der Waals surface area contributed by atoms with Crippen LogP contribution >= 0.6 is 0 Å². The van der Waals surface area contributed by atoms with Crippen molar-refractivity contribution >= 4 is 5.82 Å². The Morgan fingerprint density at radius 2 is 2.05 bits per heavy atom. The Morgan fingerprint density at radius 3 is 2.84 bits per heavy atom. The Morgan fingerprint density at radius 1 is 1.21 bits per heavy atom. The lowest BCUT2D eigenvalue weighted by atomic mass is 9.89. The number of nitrogens with zero attached hydrogens (tertiary/aromatic N) is 1. The predicted octanol–water partition coefficient (Wildman–Crippen LogP) is 1.90. The first-order valence-corrected chi connectivity index (χ1v) is 6.55. The van der Waals surface area contributed by atoms with Gasteiger partial charge in [0, 0.05) is 17.7 Å². The minimum atomic E-state index is 0.0114. The van der Waals surface area contributed by atoms with E-state index < -0.39 is 0 Å². The highest BCUT2D eigenvalue weighted by atomic mass is 15.2. The van der Waals surface area contributed by atoms with Gasteiger partial charge < -0.3 is 5.73 Å². The number of aryl methyl sites for hydroxylation is 1. The summed E-state index contributed by atoms with van der Waals surface area (Å²) in [5, 5.41) is 0. The summed E-state index contributed by atoms with van der Waals surface area (Å²) in [7, 11) is 0. The zero-order valence-corrected chi connectivity index (χ0v) is 10.7. The van der Waals surface area contributed by atoms with Crippen molar-refractivity contribution in [3.8, 4) is 0 Å². The molecular weight excluding hydrogens is 236 g/mol. The molecule has 2 unspecified atom stereocenters. The van der Waals surface area contributed by atoms with Crippen molar-refractivity contribution in [1.82, 2.24) is 10.4 Å². The van der Waals surface area contributed by atoms with Crippen LogP contribution in [-0.4, -0.2) is 4.98 Å². The SMILES string of the molecule is NNC(c1cccnc1N)C1CCc2ccccc21. The molecule has 1 aliphatic carbocycles. The van der Waals surface area contributed by atoms with E-state index in [9.17, 15) is 0 Å². The van der Waals surface area contributed by atoms with Crippen LogP contribution in [0.5, 0.6) is 0 Å². The number of anilines is 1. The molecule has 2 aromatic rings. The average Bonchev–Trinajstić information content (AvgIpc) is 2.86. The first kappa shape index (κ1) is 12.1. The van der Waals surface area contributed by atoms with Gasteiger partial charge in [-0.25, -0.2) is 4.98 Å². The van der Waals surface area contributed by atoms with E-state index in [1.165, 1.54) is 11.1 Å². The van der Waals surface area contributed by atoms with E-state index in [-0.39, 0.29) is 6.04 Å². The van der Waals surface area contributed by atoms with E-state index in [4.69, 9.17) is 11.6 Å². The molecule has 0 saturated heterocycles. The molecule has 0 aliphatic heterocycles. The zero-order valence-electron chi connectivity index (χ0n) is 10.7. The van der Waals surface area contributed by atoms with Gasteiger partial charge in [0.05, 0.1) is 6.04 Å². The number of nitrogen functional groups attached to an aromatic ring is 1. The van der Waals surface area contributed by atoms with Gasteiger partial charge in [-0.15, -0.1) is 0 Å². The van der Waals surface area contributed by atoms with E-state index >= 15 is 0 Å². The number of pyridine rings is 1. The number of aromatic nitrogens is 1. The number of rotatable bonds is 3. The van der Waals surface area contributed by atoms with Crippen molar-refractivity contribution in [1.29, 1.82) is 0 Å². The summed E-state index contributed by atoms with van der Waals surface area (Å²) in [5.41, 5.74) is 12.7. The van der Waals surface area contributed by atoms with Crippen molar-refractivity contribution in [3.63, 3.8) is 0 Å². The number of benzene rings is 1. The third kappa shape index (κ3) is 2.09. The van der Waals surface area contributed by atoms with Gasteiger partial charge in [-0.1, -0.05) is 30.3 Å². The maximum atomic E-state index is 5.98. The fourth-order valence-electron chi connectivity index (χ4n) is 3.05. The molecule has 5 N–H and O–H groups in total. The van der Waals surface area contributed by atoms with Gasteiger partial charge in [-0.3, -0.25) is 11.3 Å². The van der Waals surface area contributed by atoms with Crippen LogP contribution in [0.2, 0.25) is 0 Å². The number of hydrazine groups is 1. The highest BCUT2D eigenvalue weighted by Gasteiger charge is 2.31. The monoisotopic (exact) mass is 254 g/mol. The Balaban J connectivity index is 1.99. The minimum absolute atomic E-state index is 0.0114. The molecule has 0 fully saturated rings. The fraction of sp³-hybridized carbons (Fsp3) is 0.267. The second-order valence-electron chi connectivity index (χ2n) is 4.97. The molecule has 1 aromatic carbocycles. The smallest absolute Gasteiger partial charge is 0.128 e. The first-order valence-electron chi connectivity index (χ1n) is 6.55. The molecule has 98 valence electrons. The Kier molecular flexibility index (Phi) is 3.19. The number of fused-ring (bicyclic) bond motifs is 1. The van der Waals surface area contributed by atoms with Gasteiger partial charge in [0.2, 0.25) is 0 Å². The summed E-state index contributed by atoms with van der Waals surface area (Å²) in [6.07, 6.45) is 3.89.